The minimum Gasteiger partial charge on any atom is -0.376 e. The van der Waals surface area contributed by atoms with Crippen LogP contribution in [-0.4, -0.2) is 44.1 Å². The standard InChI is InChI=1S/C16H25N3OS.HI/c1-2-17-16(19-13-14-7-6-11-20-14)18-10-12-21-15-8-4-3-5-9-15;/h3-5,8-9,14H,2,6-7,10-13H2,1H3,(H2,17,18,19);1H. The summed E-state index contributed by atoms with van der Waals surface area (Å²) >= 11 is 1.85. The Morgan fingerprint density at radius 1 is 1.32 bits per heavy atom. The van der Waals surface area contributed by atoms with Crippen molar-refractivity contribution < 1.29 is 4.74 Å². The Morgan fingerprint density at radius 3 is 2.82 bits per heavy atom. The molecule has 1 aliphatic rings. The van der Waals surface area contributed by atoms with E-state index in [1.54, 1.807) is 0 Å². The van der Waals surface area contributed by atoms with Crippen LogP contribution < -0.4 is 10.6 Å². The number of thioether (sulfide) groups is 1. The molecule has 0 aliphatic carbocycles. The number of aliphatic imine (C=N–C) groups is 1. The van der Waals surface area contributed by atoms with Crippen LogP contribution in [0.15, 0.2) is 40.2 Å². The van der Waals surface area contributed by atoms with Gasteiger partial charge in [0, 0.05) is 30.3 Å². The Kier molecular flexibility index (Phi) is 10.7. The second kappa shape index (κ2) is 12.0. The summed E-state index contributed by atoms with van der Waals surface area (Å²) in [5.74, 6) is 1.91. The highest BCUT2D eigenvalue weighted by atomic mass is 127. The van der Waals surface area contributed by atoms with E-state index in [4.69, 9.17) is 4.74 Å². The van der Waals surface area contributed by atoms with Gasteiger partial charge in [0.1, 0.15) is 0 Å². The molecule has 2 rings (SSSR count). The van der Waals surface area contributed by atoms with E-state index in [0.717, 1.165) is 50.8 Å². The Labute approximate surface area is 154 Å². The van der Waals surface area contributed by atoms with Gasteiger partial charge in [-0.15, -0.1) is 35.7 Å². The largest absolute Gasteiger partial charge is 0.376 e. The monoisotopic (exact) mass is 435 g/mol. The zero-order valence-electron chi connectivity index (χ0n) is 13.1. The first-order valence-electron chi connectivity index (χ1n) is 7.70. The molecule has 2 N–H and O–H groups in total. The van der Waals surface area contributed by atoms with Gasteiger partial charge in [-0.2, -0.15) is 0 Å². The van der Waals surface area contributed by atoms with Crippen molar-refractivity contribution in [3.63, 3.8) is 0 Å². The Bertz CT molecular complexity index is 425. The van der Waals surface area contributed by atoms with Gasteiger partial charge in [-0.25, -0.2) is 0 Å². The molecule has 0 radical (unpaired) electrons. The fraction of sp³-hybridized carbons (Fsp3) is 0.562. The molecule has 0 saturated carbocycles. The van der Waals surface area contributed by atoms with Crippen LogP contribution in [0.4, 0.5) is 0 Å². The van der Waals surface area contributed by atoms with Crippen molar-refractivity contribution in [3.05, 3.63) is 30.3 Å². The minimum atomic E-state index is 0. The zero-order valence-corrected chi connectivity index (χ0v) is 16.2. The van der Waals surface area contributed by atoms with Gasteiger partial charge in [0.25, 0.3) is 0 Å². The fourth-order valence-corrected chi connectivity index (χ4v) is 2.97. The highest BCUT2D eigenvalue weighted by Gasteiger charge is 2.14. The lowest BCUT2D eigenvalue weighted by atomic mass is 10.2. The molecule has 1 saturated heterocycles. The summed E-state index contributed by atoms with van der Waals surface area (Å²) in [7, 11) is 0. The van der Waals surface area contributed by atoms with Crippen molar-refractivity contribution in [1.82, 2.24) is 10.6 Å². The molecular weight excluding hydrogens is 409 g/mol. The first kappa shape index (κ1) is 19.6. The number of benzene rings is 1. The molecule has 1 aromatic rings. The summed E-state index contributed by atoms with van der Waals surface area (Å²) in [6, 6.07) is 10.5. The Morgan fingerprint density at radius 2 is 2.14 bits per heavy atom. The smallest absolute Gasteiger partial charge is 0.191 e. The zero-order chi connectivity index (χ0) is 14.8. The van der Waals surface area contributed by atoms with E-state index < -0.39 is 0 Å². The number of guanidine groups is 1. The highest BCUT2D eigenvalue weighted by molar-refractivity contribution is 14.0. The fourth-order valence-electron chi connectivity index (χ4n) is 2.18. The van der Waals surface area contributed by atoms with Crippen LogP contribution in [0.1, 0.15) is 19.8 Å². The average Bonchev–Trinajstić information content (AvgIpc) is 3.03. The predicted octanol–water partition coefficient (Wildman–Crippen LogP) is 3.13. The second-order valence-electron chi connectivity index (χ2n) is 4.94. The molecule has 22 heavy (non-hydrogen) atoms. The summed E-state index contributed by atoms with van der Waals surface area (Å²) in [4.78, 5) is 5.91. The van der Waals surface area contributed by atoms with E-state index in [1.807, 2.05) is 17.8 Å². The SMILES string of the molecule is CCNC(=NCC1CCCO1)NCCSc1ccccc1.I. The molecule has 1 atom stereocenters. The number of hydrogen-bond acceptors (Lipinski definition) is 3. The van der Waals surface area contributed by atoms with Crippen molar-refractivity contribution in [2.45, 2.75) is 30.8 Å². The molecule has 0 amide bonds. The second-order valence-corrected chi connectivity index (χ2v) is 6.11. The number of nitrogens with zero attached hydrogens (tertiary/aromatic N) is 1. The van der Waals surface area contributed by atoms with Crippen LogP contribution >= 0.6 is 35.7 Å². The Balaban J connectivity index is 0.00000242. The summed E-state index contributed by atoms with van der Waals surface area (Å²) in [6.07, 6.45) is 2.60. The topological polar surface area (TPSA) is 45.7 Å². The van der Waals surface area contributed by atoms with Crippen LogP contribution in [0.3, 0.4) is 0 Å². The molecule has 1 fully saturated rings. The molecule has 6 heteroatoms. The molecule has 124 valence electrons. The first-order valence-corrected chi connectivity index (χ1v) is 8.68. The molecule has 0 spiro atoms. The molecular formula is C16H26IN3OS. The summed E-state index contributed by atoms with van der Waals surface area (Å²) < 4.78 is 5.60. The molecule has 1 heterocycles. The normalized spacial score (nSPS) is 17.9. The van der Waals surface area contributed by atoms with Crippen LogP contribution in [0.2, 0.25) is 0 Å². The lowest BCUT2D eigenvalue weighted by molar-refractivity contribution is 0.117. The van der Waals surface area contributed by atoms with Crippen molar-refractivity contribution in [3.8, 4) is 0 Å². The number of rotatable bonds is 7. The Hall–Kier alpha value is -0.470. The quantitative estimate of drug-likeness (QED) is 0.227. The van der Waals surface area contributed by atoms with Gasteiger partial charge in [0.2, 0.25) is 0 Å². The molecule has 1 aromatic carbocycles. The van der Waals surface area contributed by atoms with Crippen molar-refractivity contribution >= 4 is 41.7 Å². The molecule has 0 aromatic heterocycles. The third kappa shape index (κ3) is 7.69. The lowest BCUT2D eigenvalue weighted by Crippen LogP contribution is -2.39. The maximum Gasteiger partial charge on any atom is 0.191 e. The van der Waals surface area contributed by atoms with Gasteiger partial charge >= 0.3 is 0 Å². The number of nitrogens with one attached hydrogen (secondary N) is 2. The first-order chi connectivity index (χ1) is 10.4. The molecule has 1 unspecified atom stereocenters. The van der Waals surface area contributed by atoms with Gasteiger partial charge in [0.15, 0.2) is 5.96 Å². The van der Waals surface area contributed by atoms with E-state index in [1.165, 1.54) is 4.90 Å². The maximum atomic E-state index is 5.60. The molecule has 4 nitrogen and oxygen atoms in total. The number of hydrogen-bond donors (Lipinski definition) is 2. The van der Waals surface area contributed by atoms with E-state index in [0.29, 0.717) is 6.10 Å². The predicted molar refractivity (Wildman–Crippen MR) is 106 cm³/mol. The van der Waals surface area contributed by atoms with Crippen LogP contribution in [-0.2, 0) is 4.74 Å². The van der Waals surface area contributed by atoms with Crippen LogP contribution in [0.5, 0.6) is 0 Å². The summed E-state index contributed by atoms with van der Waals surface area (Å²) in [5, 5.41) is 6.66. The average molecular weight is 435 g/mol. The van der Waals surface area contributed by atoms with Gasteiger partial charge in [-0.05, 0) is 31.9 Å². The number of ether oxygens (including phenoxy) is 1. The van der Waals surface area contributed by atoms with Gasteiger partial charge in [-0.1, -0.05) is 18.2 Å². The van der Waals surface area contributed by atoms with Crippen LogP contribution in [0, 0.1) is 0 Å². The molecule has 0 bridgehead atoms. The minimum absolute atomic E-state index is 0. The van der Waals surface area contributed by atoms with E-state index in [-0.39, 0.29) is 24.0 Å². The number of halogens is 1. The third-order valence-corrected chi connectivity index (χ3v) is 4.24. The highest BCUT2D eigenvalue weighted by Crippen LogP contribution is 2.15. The van der Waals surface area contributed by atoms with Gasteiger partial charge in [-0.3, -0.25) is 4.99 Å². The van der Waals surface area contributed by atoms with Crippen molar-refractivity contribution in [2.24, 2.45) is 4.99 Å². The van der Waals surface area contributed by atoms with Gasteiger partial charge < -0.3 is 15.4 Å². The van der Waals surface area contributed by atoms with E-state index in [2.05, 4.69) is 46.8 Å². The maximum absolute atomic E-state index is 5.60. The van der Waals surface area contributed by atoms with Crippen LogP contribution in [0.25, 0.3) is 0 Å². The van der Waals surface area contributed by atoms with E-state index in [9.17, 15) is 0 Å². The third-order valence-electron chi connectivity index (χ3n) is 3.23. The summed E-state index contributed by atoms with van der Waals surface area (Å²) in [5.41, 5.74) is 0. The van der Waals surface area contributed by atoms with Crippen molar-refractivity contribution in [1.29, 1.82) is 0 Å². The van der Waals surface area contributed by atoms with Gasteiger partial charge in [0.05, 0.1) is 12.6 Å². The molecule has 1 aliphatic heterocycles. The van der Waals surface area contributed by atoms with Crippen molar-refractivity contribution in [2.75, 3.05) is 32.0 Å². The summed E-state index contributed by atoms with van der Waals surface area (Å²) in [6.45, 7) is 5.50. The lowest BCUT2D eigenvalue weighted by Gasteiger charge is -2.12. The van der Waals surface area contributed by atoms with E-state index >= 15 is 0 Å².